The molecule has 0 saturated carbocycles. The molecule has 0 radical (unpaired) electrons. The van der Waals surface area contributed by atoms with E-state index in [1.807, 2.05) is 0 Å². The Labute approximate surface area is 162 Å². The van der Waals surface area contributed by atoms with Crippen molar-refractivity contribution < 1.29 is 54.7 Å². The van der Waals surface area contributed by atoms with Crippen LogP contribution in [-0.2, 0) is 18.9 Å². The number of aliphatic hydroxyl groups is 7. The first-order valence-corrected chi connectivity index (χ1v) is 9.17. The minimum absolute atomic E-state index is 0.128. The lowest BCUT2D eigenvalue weighted by Gasteiger charge is -2.43. The maximum atomic E-state index is 10.3. The Morgan fingerprint density at radius 2 is 1.74 bits per heavy atom. The lowest BCUT2D eigenvalue weighted by molar-refractivity contribution is -0.341. The average molecular weight is 418 g/mol. The molecule has 12 heteroatoms. The minimum Gasteiger partial charge on any atom is -0.394 e. The summed E-state index contributed by atoms with van der Waals surface area (Å²) in [6.07, 6.45) is -12.3. The molecule has 11 nitrogen and oxygen atoms in total. The van der Waals surface area contributed by atoms with E-state index in [1.54, 1.807) is 0 Å². The summed E-state index contributed by atoms with van der Waals surface area (Å²) in [6, 6.07) is 0. The normalized spacial score (nSPS) is 33.4. The van der Waals surface area contributed by atoms with Crippen molar-refractivity contribution in [3.8, 4) is 0 Å². The van der Waals surface area contributed by atoms with E-state index in [1.165, 1.54) is 6.92 Å². The molecule has 1 heterocycles. The molecule has 1 fully saturated rings. The molecule has 162 valence electrons. The van der Waals surface area contributed by atoms with Gasteiger partial charge in [0.25, 0.3) is 0 Å². The molecule has 0 aromatic heterocycles. The van der Waals surface area contributed by atoms with Crippen LogP contribution in [0.25, 0.3) is 0 Å². The number of thiol groups is 1. The first-order valence-electron chi connectivity index (χ1n) is 8.54. The van der Waals surface area contributed by atoms with E-state index in [9.17, 15) is 35.7 Å². The molecule has 1 rings (SSSR count). The van der Waals surface area contributed by atoms with E-state index in [-0.39, 0.29) is 6.61 Å². The summed E-state index contributed by atoms with van der Waals surface area (Å²) in [5.41, 5.74) is 0. The summed E-state index contributed by atoms with van der Waals surface area (Å²) < 4.78 is 21.3. The van der Waals surface area contributed by atoms with Crippen LogP contribution in [0.3, 0.4) is 0 Å². The standard InChI is InChI=1S/C15H30O11S/c1-7(19)9(5-17)24-14(8(20)4-16)26-13-10(6-18)25-15(23-2-3-27)12(22)11(13)21/h7-22,27H,2-6H2,1H3/t7-,8+,9?,10?,11?,12?,13-,14+,15-/m1/s1. The first kappa shape index (κ1) is 24.9. The van der Waals surface area contributed by atoms with Crippen molar-refractivity contribution in [1.82, 2.24) is 0 Å². The minimum atomic E-state index is -1.60. The van der Waals surface area contributed by atoms with Crippen LogP contribution in [0.4, 0.5) is 0 Å². The molecule has 0 aliphatic carbocycles. The zero-order valence-electron chi connectivity index (χ0n) is 14.9. The monoisotopic (exact) mass is 418 g/mol. The number of ether oxygens (including phenoxy) is 4. The highest BCUT2D eigenvalue weighted by Gasteiger charge is 2.47. The zero-order valence-corrected chi connectivity index (χ0v) is 15.8. The Kier molecular flexibility index (Phi) is 11.5. The molecule has 0 spiro atoms. The van der Waals surface area contributed by atoms with Crippen LogP contribution in [-0.4, -0.2) is 123 Å². The van der Waals surface area contributed by atoms with Gasteiger partial charge in [-0.2, -0.15) is 12.6 Å². The van der Waals surface area contributed by atoms with E-state index in [4.69, 9.17) is 18.9 Å². The third-order valence-corrected chi connectivity index (χ3v) is 4.20. The number of hydrogen-bond acceptors (Lipinski definition) is 12. The summed E-state index contributed by atoms with van der Waals surface area (Å²) >= 11 is 3.96. The van der Waals surface area contributed by atoms with Gasteiger partial charge in [-0.25, -0.2) is 0 Å². The lowest BCUT2D eigenvalue weighted by atomic mass is 9.99. The van der Waals surface area contributed by atoms with Gasteiger partial charge in [0, 0.05) is 5.75 Å². The van der Waals surface area contributed by atoms with Crippen LogP contribution in [0, 0.1) is 0 Å². The van der Waals surface area contributed by atoms with Crippen LogP contribution in [0.1, 0.15) is 6.92 Å². The SMILES string of the molecule is C[C@@H](O)C(CO)O[C@@H](O[C@@H]1C(CO)O[C@@H](OCCS)C(O)C1O)[C@@H](O)CO. The second-order valence-corrected chi connectivity index (χ2v) is 6.57. The van der Waals surface area contributed by atoms with E-state index in [0.29, 0.717) is 5.75 Å². The van der Waals surface area contributed by atoms with Crippen molar-refractivity contribution in [1.29, 1.82) is 0 Å². The molecule has 0 bridgehead atoms. The lowest BCUT2D eigenvalue weighted by Crippen LogP contribution is -2.61. The van der Waals surface area contributed by atoms with Gasteiger partial charge in [-0.05, 0) is 6.92 Å². The highest BCUT2D eigenvalue weighted by Crippen LogP contribution is 2.26. The predicted octanol–water partition coefficient (Wildman–Crippen LogP) is -3.81. The van der Waals surface area contributed by atoms with E-state index < -0.39 is 75.1 Å². The number of hydrogen-bond donors (Lipinski definition) is 8. The van der Waals surface area contributed by atoms with Crippen molar-refractivity contribution in [3.05, 3.63) is 0 Å². The highest BCUT2D eigenvalue weighted by molar-refractivity contribution is 7.80. The maximum Gasteiger partial charge on any atom is 0.186 e. The molecular weight excluding hydrogens is 388 g/mol. The molecule has 7 N–H and O–H groups in total. The highest BCUT2D eigenvalue weighted by atomic mass is 32.1. The third-order valence-electron chi connectivity index (χ3n) is 4.01. The number of rotatable bonds is 12. The van der Waals surface area contributed by atoms with E-state index >= 15 is 0 Å². The Morgan fingerprint density at radius 1 is 1.07 bits per heavy atom. The summed E-state index contributed by atoms with van der Waals surface area (Å²) in [6.45, 7) is -0.539. The molecule has 9 atom stereocenters. The molecule has 1 aliphatic rings. The molecule has 0 aromatic rings. The van der Waals surface area contributed by atoms with Gasteiger partial charge >= 0.3 is 0 Å². The largest absolute Gasteiger partial charge is 0.394 e. The second-order valence-electron chi connectivity index (χ2n) is 6.12. The van der Waals surface area contributed by atoms with Crippen LogP contribution in [0.5, 0.6) is 0 Å². The molecule has 1 saturated heterocycles. The average Bonchev–Trinajstić information content (AvgIpc) is 2.66. The summed E-state index contributed by atoms with van der Waals surface area (Å²) in [7, 11) is 0. The Balaban J connectivity index is 2.91. The second kappa shape index (κ2) is 12.5. The molecule has 0 aromatic carbocycles. The molecular formula is C15H30O11S. The fourth-order valence-electron chi connectivity index (χ4n) is 2.46. The summed E-state index contributed by atoms with van der Waals surface area (Å²) in [5.74, 6) is 0.340. The quantitative estimate of drug-likeness (QED) is 0.115. The summed E-state index contributed by atoms with van der Waals surface area (Å²) in [5, 5.41) is 68.0. The van der Waals surface area contributed by atoms with Gasteiger partial charge in [-0.3, -0.25) is 0 Å². The van der Waals surface area contributed by atoms with Crippen LogP contribution >= 0.6 is 12.6 Å². The van der Waals surface area contributed by atoms with Crippen molar-refractivity contribution in [3.63, 3.8) is 0 Å². The fourth-order valence-corrected chi connectivity index (χ4v) is 2.57. The van der Waals surface area contributed by atoms with Crippen LogP contribution < -0.4 is 0 Å². The predicted molar refractivity (Wildman–Crippen MR) is 93.0 cm³/mol. The molecule has 0 amide bonds. The Morgan fingerprint density at radius 3 is 2.22 bits per heavy atom. The van der Waals surface area contributed by atoms with E-state index in [0.717, 1.165) is 0 Å². The van der Waals surface area contributed by atoms with Gasteiger partial charge in [0.1, 0.15) is 36.6 Å². The van der Waals surface area contributed by atoms with Gasteiger partial charge in [0.15, 0.2) is 12.6 Å². The van der Waals surface area contributed by atoms with Gasteiger partial charge in [-0.1, -0.05) is 0 Å². The van der Waals surface area contributed by atoms with Gasteiger partial charge in [0.2, 0.25) is 0 Å². The van der Waals surface area contributed by atoms with Crippen LogP contribution in [0.15, 0.2) is 0 Å². The van der Waals surface area contributed by atoms with Crippen molar-refractivity contribution >= 4 is 12.6 Å². The van der Waals surface area contributed by atoms with Gasteiger partial charge in [-0.15, -0.1) is 0 Å². The van der Waals surface area contributed by atoms with Gasteiger partial charge in [0.05, 0.1) is 32.5 Å². The Hall–Kier alpha value is -0.0900. The first-order chi connectivity index (χ1) is 12.8. The Bertz CT molecular complexity index is 400. The molecule has 4 unspecified atom stereocenters. The van der Waals surface area contributed by atoms with Crippen LogP contribution in [0.2, 0.25) is 0 Å². The topological polar surface area (TPSA) is 179 Å². The smallest absolute Gasteiger partial charge is 0.186 e. The van der Waals surface area contributed by atoms with E-state index in [2.05, 4.69) is 12.6 Å². The molecule has 1 aliphatic heterocycles. The van der Waals surface area contributed by atoms with Crippen molar-refractivity contribution in [2.75, 3.05) is 32.2 Å². The van der Waals surface area contributed by atoms with Gasteiger partial charge < -0.3 is 54.7 Å². The number of aliphatic hydroxyl groups excluding tert-OH is 7. The van der Waals surface area contributed by atoms with Crippen molar-refractivity contribution in [2.45, 2.75) is 62.2 Å². The fraction of sp³-hybridized carbons (Fsp3) is 1.00. The molecule has 27 heavy (non-hydrogen) atoms. The summed E-state index contributed by atoms with van der Waals surface area (Å²) in [4.78, 5) is 0. The maximum absolute atomic E-state index is 10.3. The zero-order chi connectivity index (χ0) is 20.6. The van der Waals surface area contributed by atoms with Crippen molar-refractivity contribution in [2.24, 2.45) is 0 Å². The third kappa shape index (κ3) is 7.03.